The number of amides is 5. The number of urea groups is 1. The van der Waals surface area contributed by atoms with Crippen LogP contribution in [-0.2, 0) is 29.2 Å². The molecular weight excluding hydrogens is 610 g/mol. The number of ketones is 1. The van der Waals surface area contributed by atoms with Crippen molar-refractivity contribution in [3.63, 3.8) is 0 Å². The second-order valence-corrected chi connectivity index (χ2v) is 17.2. The standard InChI is InChI=1S/C33H47N5O7S/c1-18(2)23(25(39)19-13-14-19)34-30(43)35-26(31(3,4)5)28(41)38-17-21-22(32(21,6)7)24(38)27(40)36-33(15-16-33)29(42)37-46(44,45)20-11-9-8-10-12-20/h8-12,18-19,21-24,26H,13-17H2,1-7H3,(H,36,40)(H,37,42)(H2,34,35,43)/t21-,22-,23-,24-,26?/m0/s1. The van der Waals surface area contributed by atoms with E-state index in [0.717, 1.165) is 12.8 Å². The molecule has 12 nitrogen and oxygen atoms in total. The van der Waals surface area contributed by atoms with E-state index < -0.39 is 62.9 Å². The summed E-state index contributed by atoms with van der Waals surface area (Å²) in [5, 5.41) is 8.40. The van der Waals surface area contributed by atoms with Crippen molar-refractivity contribution in [3.8, 4) is 0 Å². The Bertz CT molecular complexity index is 1530. The molecule has 13 heteroatoms. The van der Waals surface area contributed by atoms with Crippen molar-refractivity contribution < 1.29 is 32.4 Å². The number of sulfonamides is 1. The smallest absolute Gasteiger partial charge is 0.316 e. The van der Waals surface area contributed by atoms with Gasteiger partial charge in [0.2, 0.25) is 11.8 Å². The van der Waals surface area contributed by atoms with Crippen LogP contribution in [0.4, 0.5) is 4.79 Å². The van der Waals surface area contributed by atoms with Crippen LogP contribution < -0.4 is 20.7 Å². The normalized spacial score (nSPS) is 25.5. The highest BCUT2D eigenvalue weighted by Crippen LogP contribution is 2.65. The fourth-order valence-corrected chi connectivity index (χ4v) is 7.92. The van der Waals surface area contributed by atoms with Gasteiger partial charge in [-0.05, 0) is 66.4 Å². The number of carbonyl (C=O) groups excluding carboxylic acids is 5. The molecule has 4 N–H and O–H groups in total. The van der Waals surface area contributed by atoms with Crippen LogP contribution >= 0.6 is 0 Å². The van der Waals surface area contributed by atoms with Gasteiger partial charge in [-0.15, -0.1) is 0 Å². The molecule has 1 aromatic rings. The summed E-state index contributed by atoms with van der Waals surface area (Å²) < 4.78 is 27.8. The van der Waals surface area contributed by atoms with Gasteiger partial charge in [0.05, 0.1) is 10.9 Å². The van der Waals surface area contributed by atoms with Crippen LogP contribution in [0.2, 0.25) is 0 Å². The molecule has 46 heavy (non-hydrogen) atoms. The molecule has 1 unspecified atom stereocenters. The molecule has 1 heterocycles. The largest absolute Gasteiger partial charge is 0.340 e. The monoisotopic (exact) mass is 657 g/mol. The lowest BCUT2D eigenvalue weighted by atomic mass is 9.85. The fourth-order valence-electron chi connectivity index (χ4n) is 6.85. The van der Waals surface area contributed by atoms with Crippen molar-refractivity contribution in [3.05, 3.63) is 30.3 Å². The number of benzene rings is 1. The molecule has 1 aromatic carbocycles. The zero-order valence-electron chi connectivity index (χ0n) is 27.7. The van der Waals surface area contributed by atoms with Crippen molar-refractivity contribution in [2.45, 2.75) is 103 Å². The molecule has 5 amide bonds. The van der Waals surface area contributed by atoms with E-state index in [4.69, 9.17) is 0 Å². The number of Topliss-reactive ketones (excluding diaryl/α,β-unsaturated/α-hetero) is 1. The summed E-state index contributed by atoms with van der Waals surface area (Å²) in [6.07, 6.45) is 2.15. The Hall–Kier alpha value is -3.48. The minimum absolute atomic E-state index is 0.00278. The van der Waals surface area contributed by atoms with Crippen molar-refractivity contribution in [2.24, 2.45) is 34.5 Å². The van der Waals surface area contributed by atoms with Gasteiger partial charge in [0, 0.05) is 12.5 Å². The maximum Gasteiger partial charge on any atom is 0.316 e. The van der Waals surface area contributed by atoms with Gasteiger partial charge in [-0.2, -0.15) is 0 Å². The minimum atomic E-state index is -4.15. The number of hydrogen-bond acceptors (Lipinski definition) is 7. The van der Waals surface area contributed by atoms with E-state index in [9.17, 15) is 32.4 Å². The zero-order valence-corrected chi connectivity index (χ0v) is 28.5. The van der Waals surface area contributed by atoms with Gasteiger partial charge in [0.25, 0.3) is 15.9 Å². The summed E-state index contributed by atoms with van der Waals surface area (Å²) in [6.45, 7) is 13.6. The first kappa shape index (κ1) is 33.9. The molecule has 1 saturated heterocycles. The topological polar surface area (TPSA) is 171 Å². The highest BCUT2D eigenvalue weighted by molar-refractivity contribution is 7.90. The van der Waals surface area contributed by atoms with Crippen molar-refractivity contribution in [2.75, 3.05) is 6.54 Å². The zero-order chi connectivity index (χ0) is 34.0. The number of nitrogens with zero attached hydrogens (tertiary/aromatic N) is 1. The third-order valence-electron chi connectivity index (χ3n) is 10.2. The lowest BCUT2D eigenvalue weighted by Gasteiger charge is -2.38. The number of rotatable bonds is 11. The molecule has 0 aromatic heterocycles. The van der Waals surface area contributed by atoms with Crippen LogP contribution in [0.3, 0.4) is 0 Å². The number of piperidine rings is 1. The molecule has 1 aliphatic heterocycles. The average Bonchev–Trinajstić information content (AvgIpc) is 3.92. The Morgan fingerprint density at radius 2 is 1.57 bits per heavy atom. The lowest BCUT2D eigenvalue weighted by molar-refractivity contribution is -0.144. The maximum absolute atomic E-state index is 14.2. The number of fused-ring (bicyclic) bond motifs is 1. The first-order chi connectivity index (χ1) is 21.3. The molecule has 0 bridgehead atoms. The van der Waals surface area contributed by atoms with Crippen molar-refractivity contribution in [1.82, 2.24) is 25.6 Å². The van der Waals surface area contributed by atoms with Gasteiger partial charge in [-0.1, -0.05) is 66.7 Å². The van der Waals surface area contributed by atoms with E-state index in [0.29, 0.717) is 6.54 Å². The second-order valence-electron chi connectivity index (χ2n) is 15.5. The molecule has 4 aliphatic rings. The average molecular weight is 658 g/mol. The van der Waals surface area contributed by atoms with E-state index in [-0.39, 0.29) is 52.6 Å². The van der Waals surface area contributed by atoms with Crippen LogP contribution in [0.5, 0.6) is 0 Å². The maximum atomic E-state index is 14.2. The summed E-state index contributed by atoms with van der Waals surface area (Å²) in [7, 11) is -4.15. The molecule has 5 atom stereocenters. The SMILES string of the molecule is CC(C)[C@H](NC(=O)NC(C(=O)N1C[C@H]2[C@@H]([C@H]1C(=O)NC1(C(=O)NS(=O)(=O)c3ccccc3)CC1)C2(C)C)C(C)(C)C)C(=O)C1CC1. The Kier molecular flexibility index (Phi) is 8.57. The van der Waals surface area contributed by atoms with Gasteiger partial charge >= 0.3 is 6.03 Å². The Morgan fingerprint density at radius 3 is 2.09 bits per heavy atom. The first-order valence-electron chi connectivity index (χ1n) is 16.2. The van der Waals surface area contributed by atoms with E-state index in [2.05, 4.69) is 20.7 Å². The van der Waals surface area contributed by atoms with Gasteiger partial charge in [0.15, 0.2) is 5.78 Å². The van der Waals surface area contributed by atoms with Gasteiger partial charge < -0.3 is 20.9 Å². The minimum Gasteiger partial charge on any atom is -0.340 e. The highest BCUT2D eigenvalue weighted by Gasteiger charge is 2.70. The van der Waals surface area contributed by atoms with Crippen LogP contribution in [0.25, 0.3) is 0 Å². The van der Waals surface area contributed by atoms with E-state index in [1.165, 1.54) is 17.0 Å². The second kappa shape index (κ2) is 11.6. The number of likely N-dealkylation sites (tertiary alicyclic amines) is 1. The van der Waals surface area contributed by atoms with Crippen LogP contribution in [0, 0.1) is 34.5 Å². The Labute approximate surface area is 271 Å². The fraction of sp³-hybridized carbons (Fsp3) is 0.667. The molecule has 5 rings (SSSR count). The number of carbonyl (C=O) groups is 5. The predicted octanol–water partition coefficient (Wildman–Crippen LogP) is 2.34. The van der Waals surface area contributed by atoms with E-state index in [1.54, 1.807) is 18.2 Å². The highest BCUT2D eigenvalue weighted by atomic mass is 32.2. The van der Waals surface area contributed by atoms with Crippen LogP contribution in [0.15, 0.2) is 35.2 Å². The molecule has 252 valence electrons. The Morgan fingerprint density at radius 1 is 0.957 bits per heavy atom. The molecule has 4 fully saturated rings. The third kappa shape index (κ3) is 6.52. The number of nitrogens with one attached hydrogen (secondary N) is 4. The lowest BCUT2D eigenvalue weighted by Crippen LogP contribution is -2.62. The quantitative estimate of drug-likeness (QED) is 0.283. The third-order valence-corrected chi connectivity index (χ3v) is 11.6. The number of hydrogen-bond donors (Lipinski definition) is 4. The van der Waals surface area contributed by atoms with Crippen molar-refractivity contribution in [1.29, 1.82) is 0 Å². The van der Waals surface area contributed by atoms with Gasteiger partial charge in [-0.25, -0.2) is 17.9 Å². The van der Waals surface area contributed by atoms with Gasteiger partial charge in [0.1, 0.15) is 17.6 Å². The summed E-state index contributed by atoms with van der Waals surface area (Å²) in [5.74, 6) is -2.06. The summed E-state index contributed by atoms with van der Waals surface area (Å²) in [5.41, 5.74) is -2.36. The Balaban J connectivity index is 1.31. The molecule has 0 radical (unpaired) electrons. The van der Waals surface area contributed by atoms with Crippen LogP contribution in [0.1, 0.15) is 74.1 Å². The molecule has 0 spiro atoms. The first-order valence-corrected chi connectivity index (χ1v) is 17.6. The van der Waals surface area contributed by atoms with E-state index in [1.807, 2.05) is 48.5 Å². The predicted molar refractivity (Wildman–Crippen MR) is 169 cm³/mol. The van der Waals surface area contributed by atoms with E-state index >= 15 is 0 Å². The molecular formula is C33H47N5O7S. The molecule has 3 aliphatic carbocycles. The van der Waals surface area contributed by atoms with Crippen molar-refractivity contribution >= 4 is 39.6 Å². The van der Waals surface area contributed by atoms with Gasteiger partial charge in [-0.3, -0.25) is 19.2 Å². The summed E-state index contributed by atoms with van der Waals surface area (Å²) >= 11 is 0. The summed E-state index contributed by atoms with van der Waals surface area (Å²) in [6, 6.07) is 4.29. The van der Waals surface area contributed by atoms with Crippen LogP contribution in [-0.4, -0.2) is 73.1 Å². The molecule has 3 saturated carbocycles. The summed E-state index contributed by atoms with van der Waals surface area (Å²) in [4.78, 5) is 68.9.